The first-order valence-corrected chi connectivity index (χ1v) is 7.13. The van der Waals surface area contributed by atoms with Gasteiger partial charge in [-0.05, 0) is 25.3 Å². The zero-order valence-electron chi connectivity index (χ0n) is 12.3. The first kappa shape index (κ1) is 14.4. The molecule has 0 saturated carbocycles. The molecular formula is C16H21N3O. The molecule has 1 aromatic carbocycles. The molecule has 1 aromatic heterocycles. The molecule has 0 saturated heterocycles. The summed E-state index contributed by atoms with van der Waals surface area (Å²) in [4.78, 5) is 11.2. The number of hydrogen-bond donors (Lipinski definition) is 0. The zero-order valence-corrected chi connectivity index (χ0v) is 12.3. The number of aldehydes is 1. The average Bonchev–Trinajstić information content (AvgIpc) is 2.86. The number of rotatable bonds is 6. The van der Waals surface area contributed by atoms with Crippen LogP contribution in [-0.2, 0) is 6.54 Å². The summed E-state index contributed by atoms with van der Waals surface area (Å²) in [5.41, 5.74) is 3.85. The van der Waals surface area contributed by atoms with Crippen LogP contribution in [0.25, 0.3) is 0 Å². The summed E-state index contributed by atoms with van der Waals surface area (Å²) >= 11 is 0. The van der Waals surface area contributed by atoms with E-state index >= 15 is 0 Å². The first-order valence-electron chi connectivity index (χ1n) is 7.13. The second-order valence-corrected chi connectivity index (χ2v) is 5.13. The van der Waals surface area contributed by atoms with Crippen molar-refractivity contribution in [1.29, 1.82) is 0 Å². The van der Waals surface area contributed by atoms with Gasteiger partial charge in [0.05, 0.1) is 12.2 Å². The van der Waals surface area contributed by atoms with Gasteiger partial charge in [-0.15, -0.1) is 5.10 Å². The molecule has 2 aromatic rings. The maximum absolute atomic E-state index is 11.2. The van der Waals surface area contributed by atoms with Crippen molar-refractivity contribution in [3.8, 4) is 0 Å². The monoisotopic (exact) mass is 271 g/mol. The Balaban J connectivity index is 2.34. The van der Waals surface area contributed by atoms with Gasteiger partial charge >= 0.3 is 0 Å². The highest BCUT2D eigenvalue weighted by atomic mass is 16.1. The molecule has 0 radical (unpaired) electrons. The van der Waals surface area contributed by atoms with Crippen LogP contribution in [0.5, 0.6) is 0 Å². The molecule has 0 aliphatic rings. The van der Waals surface area contributed by atoms with Crippen LogP contribution < -0.4 is 0 Å². The standard InChI is InChI=1S/C16H21N3O/c1-4-14(5-2)16-15(11-20)17-18-19(16)10-13-8-6-12(3)7-9-13/h6-9,11,14H,4-5,10H2,1-3H3. The topological polar surface area (TPSA) is 47.8 Å². The van der Waals surface area contributed by atoms with Crippen molar-refractivity contribution in [1.82, 2.24) is 15.0 Å². The second kappa shape index (κ2) is 6.46. The molecule has 2 rings (SSSR count). The molecular weight excluding hydrogens is 250 g/mol. The molecule has 20 heavy (non-hydrogen) atoms. The molecule has 0 aliphatic carbocycles. The minimum absolute atomic E-state index is 0.329. The van der Waals surface area contributed by atoms with Gasteiger partial charge in [-0.25, -0.2) is 4.68 Å². The van der Waals surface area contributed by atoms with Gasteiger partial charge in [0.1, 0.15) is 5.69 Å². The van der Waals surface area contributed by atoms with Crippen LogP contribution in [-0.4, -0.2) is 21.3 Å². The van der Waals surface area contributed by atoms with E-state index in [0.29, 0.717) is 18.2 Å². The molecule has 0 unspecified atom stereocenters. The van der Waals surface area contributed by atoms with Gasteiger partial charge in [-0.2, -0.15) is 0 Å². The zero-order chi connectivity index (χ0) is 14.5. The number of benzene rings is 1. The van der Waals surface area contributed by atoms with Crippen LogP contribution in [0.1, 0.15) is 59.9 Å². The molecule has 0 aliphatic heterocycles. The molecule has 0 bridgehead atoms. The van der Waals surface area contributed by atoms with Gasteiger partial charge in [0, 0.05) is 5.92 Å². The fourth-order valence-corrected chi connectivity index (χ4v) is 2.50. The van der Waals surface area contributed by atoms with E-state index in [9.17, 15) is 4.79 Å². The third-order valence-electron chi connectivity index (χ3n) is 3.74. The number of carbonyl (C=O) groups excluding carboxylic acids is 1. The van der Waals surface area contributed by atoms with E-state index in [1.807, 2.05) is 4.68 Å². The predicted octanol–water partition coefficient (Wildman–Crippen LogP) is 3.35. The summed E-state index contributed by atoms with van der Waals surface area (Å²) in [7, 11) is 0. The maximum atomic E-state index is 11.2. The smallest absolute Gasteiger partial charge is 0.172 e. The third kappa shape index (κ3) is 2.95. The van der Waals surface area contributed by atoms with Gasteiger partial charge in [-0.1, -0.05) is 48.9 Å². The van der Waals surface area contributed by atoms with Gasteiger partial charge < -0.3 is 0 Å². The highest BCUT2D eigenvalue weighted by molar-refractivity contribution is 5.73. The van der Waals surface area contributed by atoms with Crippen LogP contribution in [0.2, 0.25) is 0 Å². The lowest BCUT2D eigenvalue weighted by Crippen LogP contribution is -2.11. The number of nitrogens with zero attached hydrogens (tertiary/aromatic N) is 3. The highest BCUT2D eigenvalue weighted by Gasteiger charge is 2.19. The Morgan fingerprint density at radius 2 is 1.85 bits per heavy atom. The summed E-state index contributed by atoms with van der Waals surface area (Å²) in [6.07, 6.45) is 2.78. The van der Waals surface area contributed by atoms with Crippen molar-refractivity contribution in [2.45, 2.75) is 46.1 Å². The van der Waals surface area contributed by atoms with Crippen molar-refractivity contribution < 1.29 is 4.79 Å². The van der Waals surface area contributed by atoms with Crippen molar-refractivity contribution in [2.24, 2.45) is 0 Å². The van der Waals surface area contributed by atoms with Crippen molar-refractivity contribution >= 4 is 6.29 Å². The number of carbonyl (C=O) groups is 1. The predicted molar refractivity (Wildman–Crippen MR) is 79.0 cm³/mol. The van der Waals surface area contributed by atoms with Gasteiger partial charge in [-0.3, -0.25) is 4.79 Å². The van der Waals surface area contributed by atoms with E-state index < -0.39 is 0 Å². The lowest BCUT2D eigenvalue weighted by molar-refractivity contribution is 0.111. The number of aryl methyl sites for hydroxylation is 1. The Labute approximate surface area is 119 Å². The van der Waals surface area contributed by atoms with Crippen LogP contribution in [0.15, 0.2) is 24.3 Å². The minimum atomic E-state index is 0.329. The Morgan fingerprint density at radius 3 is 2.40 bits per heavy atom. The normalized spacial score (nSPS) is 11.0. The quantitative estimate of drug-likeness (QED) is 0.757. The Morgan fingerprint density at radius 1 is 1.20 bits per heavy atom. The van der Waals surface area contributed by atoms with Crippen LogP contribution in [0, 0.1) is 6.92 Å². The molecule has 106 valence electrons. The van der Waals surface area contributed by atoms with Gasteiger partial charge in [0.2, 0.25) is 0 Å². The lowest BCUT2D eigenvalue weighted by atomic mass is 9.97. The van der Waals surface area contributed by atoms with Crippen molar-refractivity contribution in [3.63, 3.8) is 0 Å². The number of aromatic nitrogens is 3. The third-order valence-corrected chi connectivity index (χ3v) is 3.74. The Kier molecular flexibility index (Phi) is 4.66. The minimum Gasteiger partial charge on any atom is -0.296 e. The van der Waals surface area contributed by atoms with E-state index in [0.717, 1.165) is 24.8 Å². The average molecular weight is 271 g/mol. The summed E-state index contributed by atoms with van der Waals surface area (Å²) in [6.45, 7) is 6.99. The van der Waals surface area contributed by atoms with Crippen LogP contribution in [0.4, 0.5) is 0 Å². The van der Waals surface area contributed by atoms with Crippen LogP contribution >= 0.6 is 0 Å². The fourth-order valence-electron chi connectivity index (χ4n) is 2.50. The van der Waals surface area contributed by atoms with Crippen molar-refractivity contribution in [3.05, 3.63) is 46.8 Å². The molecule has 0 N–H and O–H groups in total. The van der Waals surface area contributed by atoms with Crippen molar-refractivity contribution in [2.75, 3.05) is 0 Å². The first-order chi connectivity index (χ1) is 9.69. The largest absolute Gasteiger partial charge is 0.296 e. The summed E-state index contributed by atoms with van der Waals surface area (Å²) < 4.78 is 1.87. The molecule has 4 nitrogen and oxygen atoms in total. The van der Waals surface area contributed by atoms with E-state index in [-0.39, 0.29) is 0 Å². The highest BCUT2D eigenvalue weighted by Crippen LogP contribution is 2.25. The van der Waals surface area contributed by atoms with E-state index in [1.54, 1.807) is 0 Å². The molecule has 0 atom stereocenters. The second-order valence-electron chi connectivity index (χ2n) is 5.13. The summed E-state index contributed by atoms with van der Waals surface area (Å²) in [6, 6.07) is 8.36. The van der Waals surface area contributed by atoms with E-state index in [4.69, 9.17) is 0 Å². The van der Waals surface area contributed by atoms with E-state index in [2.05, 4.69) is 55.3 Å². The van der Waals surface area contributed by atoms with Gasteiger partial charge in [0.25, 0.3) is 0 Å². The maximum Gasteiger partial charge on any atom is 0.172 e. The van der Waals surface area contributed by atoms with E-state index in [1.165, 1.54) is 11.1 Å². The fraction of sp³-hybridized carbons (Fsp3) is 0.438. The lowest BCUT2D eigenvalue weighted by Gasteiger charge is -2.15. The summed E-state index contributed by atoms with van der Waals surface area (Å²) in [5, 5.41) is 8.17. The summed E-state index contributed by atoms with van der Waals surface area (Å²) in [5.74, 6) is 0.329. The Bertz CT molecular complexity index is 568. The number of hydrogen-bond acceptors (Lipinski definition) is 3. The SMILES string of the molecule is CCC(CC)c1c(C=O)nnn1Cc1ccc(C)cc1. The molecule has 1 heterocycles. The molecule has 0 fully saturated rings. The molecule has 4 heteroatoms. The van der Waals surface area contributed by atoms with Crippen LogP contribution in [0.3, 0.4) is 0 Å². The Hall–Kier alpha value is -1.97. The molecule has 0 spiro atoms. The molecule has 0 amide bonds. The van der Waals surface area contributed by atoms with Gasteiger partial charge in [0.15, 0.2) is 6.29 Å².